The molecule has 0 aliphatic carbocycles. The lowest BCUT2D eigenvalue weighted by molar-refractivity contribution is 0.0953. The molecule has 2 rings (SSSR count). The first-order valence-electron chi connectivity index (χ1n) is 9.14. The minimum Gasteiger partial charge on any atom is -0.357 e. The van der Waals surface area contributed by atoms with Crippen molar-refractivity contribution in [3.05, 3.63) is 57.8 Å². The van der Waals surface area contributed by atoms with Crippen molar-refractivity contribution < 1.29 is 4.79 Å². The standard InChI is InChI=1S/C20H28N4OS/c1-3-5-12-22-19(25)17-10-8-16(9-11-17)14-23-20(21-4-2)24-15-18-7-6-13-26-18/h6-11,13H,3-5,12,14-15H2,1-2H3,(H,22,25)(H2,21,23,24). The van der Waals surface area contributed by atoms with E-state index in [2.05, 4.69) is 39.3 Å². The van der Waals surface area contributed by atoms with E-state index < -0.39 is 0 Å². The largest absolute Gasteiger partial charge is 0.357 e. The zero-order valence-electron chi connectivity index (χ0n) is 15.5. The van der Waals surface area contributed by atoms with Gasteiger partial charge in [0.1, 0.15) is 0 Å². The van der Waals surface area contributed by atoms with Gasteiger partial charge < -0.3 is 16.0 Å². The molecule has 0 fully saturated rings. The van der Waals surface area contributed by atoms with Gasteiger partial charge in [-0.1, -0.05) is 31.5 Å². The fourth-order valence-corrected chi connectivity index (χ4v) is 2.98. The SMILES string of the molecule is CCCCNC(=O)c1ccc(CN=C(NCC)NCc2cccs2)cc1. The lowest BCUT2D eigenvalue weighted by atomic mass is 10.1. The molecule has 0 radical (unpaired) electrons. The summed E-state index contributed by atoms with van der Waals surface area (Å²) >= 11 is 1.73. The Morgan fingerprint density at radius 1 is 1.08 bits per heavy atom. The Morgan fingerprint density at radius 2 is 1.88 bits per heavy atom. The Morgan fingerprint density at radius 3 is 2.54 bits per heavy atom. The number of nitrogens with zero attached hydrogens (tertiary/aromatic N) is 1. The molecule has 0 atom stereocenters. The summed E-state index contributed by atoms with van der Waals surface area (Å²) in [5, 5.41) is 11.6. The van der Waals surface area contributed by atoms with Gasteiger partial charge in [0.2, 0.25) is 0 Å². The van der Waals surface area contributed by atoms with E-state index in [9.17, 15) is 4.79 Å². The van der Waals surface area contributed by atoms with Gasteiger partial charge in [0.25, 0.3) is 5.91 Å². The van der Waals surface area contributed by atoms with Gasteiger partial charge in [-0.05, 0) is 42.5 Å². The highest BCUT2D eigenvalue weighted by atomic mass is 32.1. The number of thiophene rings is 1. The van der Waals surface area contributed by atoms with Crippen LogP contribution in [0.15, 0.2) is 46.8 Å². The molecule has 26 heavy (non-hydrogen) atoms. The van der Waals surface area contributed by atoms with E-state index >= 15 is 0 Å². The van der Waals surface area contributed by atoms with Crippen LogP contribution in [0.4, 0.5) is 0 Å². The number of rotatable bonds is 9. The molecular weight excluding hydrogens is 344 g/mol. The lowest BCUT2D eigenvalue weighted by Crippen LogP contribution is -2.36. The summed E-state index contributed by atoms with van der Waals surface area (Å²) in [7, 11) is 0. The number of carbonyl (C=O) groups is 1. The second kappa shape index (κ2) is 11.3. The molecular formula is C20H28N4OS. The van der Waals surface area contributed by atoms with Crippen LogP contribution >= 0.6 is 11.3 Å². The Labute approximate surface area is 159 Å². The van der Waals surface area contributed by atoms with Crippen molar-refractivity contribution in [2.45, 2.75) is 39.8 Å². The van der Waals surface area contributed by atoms with Crippen LogP contribution in [-0.4, -0.2) is 25.0 Å². The summed E-state index contributed by atoms with van der Waals surface area (Å²) in [6.45, 7) is 7.03. The van der Waals surface area contributed by atoms with E-state index in [1.807, 2.05) is 37.3 Å². The van der Waals surface area contributed by atoms with E-state index in [4.69, 9.17) is 0 Å². The number of aliphatic imine (C=N–C) groups is 1. The molecule has 1 amide bonds. The number of guanidine groups is 1. The van der Waals surface area contributed by atoms with E-state index in [0.29, 0.717) is 12.1 Å². The molecule has 0 unspecified atom stereocenters. The van der Waals surface area contributed by atoms with Gasteiger partial charge in [-0.15, -0.1) is 11.3 Å². The van der Waals surface area contributed by atoms with Crippen molar-refractivity contribution in [2.24, 2.45) is 4.99 Å². The first-order chi connectivity index (χ1) is 12.7. The van der Waals surface area contributed by atoms with Crippen LogP contribution in [0, 0.1) is 0 Å². The molecule has 0 bridgehead atoms. The minimum absolute atomic E-state index is 0.0144. The second-order valence-corrected chi connectivity index (χ2v) is 6.97. The van der Waals surface area contributed by atoms with Crippen LogP contribution in [0.5, 0.6) is 0 Å². The zero-order chi connectivity index (χ0) is 18.6. The third-order valence-electron chi connectivity index (χ3n) is 3.81. The summed E-state index contributed by atoms with van der Waals surface area (Å²) in [4.78, 5) is 17.9. The smallest absolute Gasteiger partial charge is 0.251 e. The molecule has 1 aromatic carbocycles. The van der Waals surface area contributed by atoms with Crippen LogP contribution in [-0.2, 0) is 13.1 Å². The van der Waals surface area contributed by atoms with Crippen molar-refractivity contribution in [1.82, 2.24) is 16.0 Å². The van der Waals surface area contributed by atoms with Crippen LogP contribution in [0.3, 0.4) is 0 Å². The molecule has 2 aromatic rings. The Balaban J connectivity index is 1.88. The molecule has 3 N–H and O–H groups in total. The number of amides is 1. The highest BCUT2D eigenvalue weighted by Gasteiger charge is 2.04. The predicted molar refractivity (Wildman–Crippen MR) is 110 cm³/mol. The van der Waals surface area contributed by atoms with E-state index in [-0.39, 0.29) is 5.91 Å². The molecule has 1 heterocycles. The maximum Gasteiger partial charge on any atom is 0.251 e. The molecule has 0 aliphatic rings. The topological polar surface area (TPSA) is 65.5 Å². The minimum atomic E-state index is -0.0144. The normalized spacial score (nSPS) is 11.2. The molecule has 0 saturated heterocycles. The highest BCUT2D eigenvalue weighted by Crippen LogP contribution is 2.08. The van der Waals surface area contributed by atoms with Gasteiger partial charge in [-0.2, -0.15) is 0 Å². The fourth-order valence-electron chi connectivity index (χ4n) is 2.34. The van der Waals surface area contributed by atoms with Gasteiger partial charge in [-0.25, -0.2) is 4.99 Å². The summed E-state index contributed by atoms with van der Waals surface area (Å²) in [6, 6.07) is 11.8. The van der Waals surface area contributed by atoms with Crippen molar-refractivity contribution in [2.75, 3.05) is 13.1 Å². The number of benzene rings is 1. The van der Waals surface area contributed by atoms with Gasteiger partial charge in [0.15, 0.2) is 5.96 Å². The van der Waals surface area contributed by atoms with Crippen molar-refractivity contribution in [3.63, 3.8) is 0 Å². The number of unbranched alkanes of at least 4 members (excludes halogenated alkanes) is 1. The summed E-state index contributed by atoms with van der Waals surface area (Å²) in [5.41, 5.74) is 1.76. The van der Waals surface area contributed by atoms with E-state index in [0.717, 1.165) is 44.0 Å². The number of hydrogen-bond acceptors (Lipinski definition) is 3. The number of hydrogen-bond donors (Lipinski definition) is 3. The molecule has 0 spiro atoms. The van der Waals surface area contributed by atoms with Gasteiger partial charge >= 0.3 is 0 Å². The average Bonchev–Trinajstić information content (AvgIpc) is 3.18. The quantitative estimate of drug-likeness (QED) is 0.358. The van der Waals surface area contributed by atoms with Crippen LogP contribution < -0.4 is 16.0 Å². The van der Waals surface area contributed by atoms with Crippen molar-refractivity contribution in [1.29, 1.82) is 0 Å². The molecule has 5 nitrogen and oxygen atoms in total. The van der Waals surface area contributed by atoms with Crippen LogP contribution in [0.1, 0.15) is 47.5 Å². The lowest BCUT2D eigenvalue weighted by Gasteiger charge is -2.10. The first-order valence-corrected chi connectivity index (χ1v) is 10.0. The van der Waals surface area contributed by atoms with Crippen molar-refractivity contribution >= 4 is 23.2 Å². The van der Waals surface area contributed by atoms with Gasteiger partial charge in [0, 0.05) is 23.5 Å². The summed E-state index contributed by atoms with van der Waals surface area (Å²) in [6.07, 6.45) is 2.08. The average molecular weight is 373 g/mol. The maximum atomic E-state index is 12.0. The Bertz CT molecular complexity index is 680. The van der Waals surface area contributed by atoms with Gasteiger partial charge in [0.05, 0.1) is 13.1 Å². The number of nitrogens with one attached hydrogen (secondary N) is 3. The van der Waals surface area contributed by atoms with Gasteiger partial charge in [-0.3, -0.25) is 4.79 Å². The zero-order valence-corrected chi connectivity index (χ0v) is 16.4. The maximum absolute atomic E-state index is 12.0. The van der Waals surface area contributed by atoms with E-state index in [1.165, 1.54) is 4.88 Å². The monoisotopic (exact) mass is 372 g/mol. The van der Waals surface area contributed by atoms with Crippen LogP contribution in [0.25, 0.3) is 0 Å². The third-order valence-corrected chi connectivity index (χ3v) is 4.68. The molecule has 140 valence electrons. The highest BCUT2D eigenvalue weighted by molar-refractivity contribution is 7.09. The van der Waals surface area contributed by atoms with E-state index in [1.54, 1.807) is 11.3 Å². The summed E-state index contributed by atoms with van der Waals surface area (Å²) < 4.78 is 0. The second-order valence-electron chi connectivity index (χ2n) is 5.93. The third kappa shape index (κ3) is 6.88. The predicted octanol–water partition coefficient (Wildman–Crippen LogP) is 3.53. The van der Waals surface area contributed by atoms with Crippen molar-refractivity contribution in [3.8, 4) is 0 Å². The Hall–Kier alpha value is -2.34. The first kappa shape index (κ1) is 20.0. The molecule has 0 saturated carbocycles. The molecule has 0 aliphatic heterocycles. The fraction of sp³-hybridized carbons (Fsp3) is 0.400. The number of carbonyl (C=O) groups excluding carboxylic acids is 1. The summed E-state index contributed by atoms with van der Waals surface area (Å²) in [5.74, 6) is 0.779. The Kier molecular flexibility index (Phi) is 8.69. The molecule has 6 heteroatoms. The van der Waals surface area contributed by atoms with Crippen LogP contribution in [0.2, 0.25) is 0 Å². The molecule has 1 aromatic heterocycles.